The summed E-state index contributed by atoms with van der Waals surface area (Å²) in [5, 5.41) is 17.3. The Morgan fingerprint density at radius 3 is 2.89 bits per heavy atom. The smallest absolute Gasteiger partial charge is 0.213 e. The van der Waals surface area contributed by atoms with Crippen LogP contribution in [0, 0.1) is 5.92 Å². The van der Waals surface area contributed by atoms with E-state index in [0.29, 0.717) is 5.92 Å². The van der Waals surface area contributed by atoms with Gasteiger partial charge in [-0.3, -0.25) is 0 Å². The number of imidazole rings is 1. The molecule has 0 aromatic carbocycles. The zero-order valence-electron chi connectivity index (χ0n) is 10.8. The van der Waals surface area contributed by atoms with Crippen molar-refractivity contribution in [2.45, 2.75) is 26.9 Å². The van der Waals surface area contributed by atoms with E-state index >= 15 is 0 Å². The molecule has 0 bridgehead atoms. The monoisotopic (exact) mass is 293 g/mol. The Balaban J connectivity index is 2.09. The molecule has 0 radical (unpaired) electrons. The maximum absolute atomic E-state index is 9.60. The van der Waals surface area contributed by atoms with Crippen molar-refractivity contribution in [3.63, 3.8) is 0 Å². The summed E-state index contributed by atoms with van der Waals surface area (Å²) in [5.41, 5.74) is 1.64. The average Bonchev–Trinajstić information content (AvgIpc) is 3.00. The van der Waals surface area contributed by atoms with E-state index in [1.54, 1.807) is 27.2 Å². The predicted molar refractivity (Wildman–Crippen MR) is 78.6 cm³/mol. The highest BCUT2D eigenvalue weighted by Gasteiger charge is 2.18. The molecule has 3 rings (SSSR count). The van der Waals surface area contributed by atoms with E-state index in [9.17, 15) is 5.11 Å². The summed E-state index contributed by atoms with van der Waals surface area (Å²) in [6.07, 6.45) is 0.952. The first-order valence-corrected chi connectivity index (χ1v) is 7.90. The lowest BCUT2D eigenvalue weighted by molar-refractivity contribution is 0.275. The van der Waals surface area contributed by atoms with Gasteiger partial charge in [0.1, 0.15) is 10.7 Å². The summed E-state index contributed by atoms with van der Waals surface area (Å²) in [6, 6.07) is 4.01. The molecule has 0 unspecified atom stereocenters. The number of nitrogens with zero attached hydrogens (tertiary/aromatic N) is 3. The summed E-state index contributed by atoms with van der Waals surface area (Å²) in [4.78, 5) is 6.56. The van der Waals surface area contributed by atoms with Crippen LogP contribution in [0.3, 0.4) is 0 Å². The normalized spacial score (nSPS) is 11.8. The molecule has 0 fully saturated rings. The van der Waals surface area contributed by atoms with Crippen molar-refractivity contribution in [2.75, 3.05) is 0 Å². The standard InChI is InChI=1S/C13H15N3OS2/c1-8(2)6-11-15-16-9(7-17)12(14-13(16)19-11)10-4-3-5-18-10/h3-5,8,17H,6-7H2,1-2H3. The number of aliphatic hydroxyl groups is 1. The predicted octanol–water partition coefficient (Wildman–Crippen LogP) is 3.21. The first kappa shape index (κ1) is 12.8. The molecule has 4 nitrogen and oxygen atoms in total. The molecular weight excluding hydrogens is 278 g/mol. The van der Waals surface area contributed by atoms with Crippen LogP contribution in [0.25, 0.3) is 15.5 Å². The second kappa shape index (κ2) is 5.03. The second-order valence-corrected chi connectivity index (χ2v) is 6.82. The van der Waals surface area contributed by atoms with Gasteiger partial charge in [0.05, 0.1) is 17.2 Å². The number of hydrogen-bond acceptors (Lipinski definition) is 5. The number of aromatic nitrogens is 3. The van der Waals surface area contributed by atoms with Crippen LogP contribution in [-0.2, 0) is 13.0 Å². The van der Waals surface area contributed by atoms with E-state index in [2.05, 4.69) is 23.9 Å². The molecule has 100 valence electrons. The van der Waals surface area contributed by atoms with Crippen molar-refractivity contribution in [2.24, 2.45) is 5.92 Å². The molecule has 0 saturated carbocycles. The zero-order valence-corrected chi connectivity index (χ0v) is 12.5. The fourth-order valence-electron chi connectivity index (χ4n) is 2.01. The van der Waals surface area contributed by atoms with Crippen LogP contribution < -0.4 is 0 Å². The van der Waals surface area contributed by atoms with Crippen molar-refractivity contribution in [1.29, 1.82) is 0 Å². The Kier molecular flexibility index (Phi) is 3.38. The van der Waals surface area contributed by atoms with Crippen molar-refractivity contribution in [1.82, 2.24) is 14.6 Å². The van der Waals surface area contributed by atoms with Gasteiger partial charge in [-0.05, 0) is 17.4 Å². The molecule has 0 aliphatic heterocycles. The highest BCUT2D eigenvalue weighted by atomic mass is 32.1. The summed E-state index contributed by atoms with van der Waals surface area (Å²) >= 11 is 3.24. The van der Waals surface area contributed by atoms with Crippen LogP contribution in [0.5, 0.6) is 0 Å². The highest BCUT2D eigenvalue weighted by Crippen LogP contribution is 2.30. The van der Waals surface area contributed by atoms with Crippen LogP contribution >= 0.6 is 22.7 Å². The Morgan fingerprint density at radius 1 is 1.42 bits per heavy atom. The molecule has 19 heavy (non-hydrogen) atoms. The van der Waals surface area contributed by atoms with Crippen molar-refractivity contribution in [3.8, 4) is 10.6 Å². The third kappa shape index (κ3) is 2.31. The number of thiophene rings is 1. The zero-order chi connectivity index (χ0) is 13.4. The van der Waals surface area contributed by atoms with E-state index in [0.717, 1.165) is 32.7 Å². The largest absolute Gasteiger partial charge is 0.390 e. The summed E-state index contributed by atoms with van der Waals surface area (Å²) in [6.45, 7) is 4.31. The minimum absolute atomic E-state index is 0.0424. The Bertz CT molecular complexity index is 682. The van der Waals surface area contributed by atoms with E-state index in [4.69, 9.17) is 0 Å². The molecule has 0 aliphatic carbocycles. The Hall–Kier alpha value is -1.24. The molecule has 0 aliphatic rings. The Morgan fingerprint density at radius 2 is 2.26 bits per heavy atom. The molecular formula is C13H15N3OS2. The molecule has 3 heterocycles. The maximum atomic E-state index is 9.60. The summed E-state index contributed by atoms with van der Waals surface area (Å²) < 4.78 is 1.79. The van der Waals surface area contributed by atoms with Crippen LogP contribution in [0.2, 0.25) is 0 Å². The Labute approximate surface area is 119 Å². The first-order valence-electron chi connectivity index (χ1n) is 6.21. The number of hydrogen-bond donors (Lipinski definition) is 1. The third-order valence-electron chi connectivity index (χ3n) is 2.83. The summed E-state index contributed by atoms with van der Waals surface area (Å²) in [7, 11) is 0. The molecule has 0 amide bonds. The fourth-order valence-corrected chi connectivity index (χ4v) is 3.87. The van der Waals surface area contributed by atoms with E-state index in [1.807, 2.05) is 17.5 Å². The van der Waals surface area contributed by atoms with Gasteiger partial charge < -0.3 is 5.11 Å². The average molecular weight is 293 g/mol. The summed E-state index contributed by atoms with van der Waals surface area (Å²) in [5.74, 6) is 0.574. The molecule has 0 atom stereocenters. The van der Waals surface area contributed by atoms with Crippen LogP contribution in [0.15, 0.2) is 17.5 Å². The first-order chi connectivity index (χ1) is 9.19. The molecule has 6 heteroatoms. The van der Waals surface area contributed by atoms with Gasteiger partial charge in [-0.1, -0.05) is 31.3 Å². The fraction of sp³-hybridized carbons (Fsp3) is 0.385. The lowest BCUT2D eigenvalue weighted by Gasteiger charge is -1.99. The third-order valence-corrected chi connectivity index (χ3v) is 4.63. The van der Waals surface area contributed by atoms with Gasteiger partial charge in [0.25, 0.3) is 0 Å². The van der Waals surface area contributed by atoms with Crippen molar-refractivity contribution in [3.05, 3.63) is 28.2 Å². The number of aliphatic hydroxyl groups excluding tert-OH is 1. The lowest BCUT2D eigenvalue weighted by atomic mass is 10.1. The van der Waals surface area contributed by atoms with E-state index in [1.165, 1.54) is 0 Å². The van der Waals surface area contributed by atoms with Crippen molar-refractivity contribution < 1.29 is 5.11 Å². The molecule has 3 aromatic rings. The molecule has 3 aromatic heterocycles. The quantitative estimate of drug-likeness (QED) is 0.803. The van der Waals surface area contributed by atoms with Gasteiger partial charge >= 0.3 is 0 Å². The maximum Gasteiger partial charge on any atom is 0.213 e. The topological polar surface area (TPSA) is 50.4 Å². The van der Waals surface area contributed by atoms with E-state index in [-0.39, 0.29) is 6.61 Å². The SMILES string of the molecule is CC(C)Cc1nn2c(CO)c(-c3cccs3)nc2s1. The van der Waals surface area contributed by atoms with Gasteiger partial charge in [0.15, 0.2) is 0 Å². The number of rotatable bonds is 4. The second-order valence-electron chi connectivity index (χ2n) is 4.83. The van der Waals surface area contributed by atoms with Crippen LogP contribution in [-0.4, -0.2) is 19.7 Å². The van der Waals surface area contributed by atoms with Gasteiger partial charge in [0.2, 0.25) is 4.96 Å². The van der Waals surface area contributed by atoms with Gasteiger partial charge in [-0.2, -0.15) is 5.10 Å². The molecule has 1 N–H and O–H groups in total. The van der Waals surface area contributed by atoms with Gasteiger partial charge in [0, 0.05) is 6.42 Å². The van der Waals surface area contributed by atoms with E-state index < -0.39 is 0 Å². The lowest BCUT2D eigenvalue weighted by Crippen LogP contribution is -1.98. The minimum atomic E-state index is -0.0424. The number of fused-ring (bicyclic) bond motifs is 1. The van der Waals surface area contributed by atoms with Crippen LogP contribution in [0.1, 0.15) is 24.5 Å². The van der Waals surface area contributed by atoms with Crippen molar-refractivity contribution >= 4 is 27.6 Å². The van der Waals surface area contributed by atoms with Crippen LogP contribution in [0.4, 0.5) is 0 Å². The van der Waals surface area contributed by atoms with Gasteiger partial charge in [-0.15, -0.1) is 11.3 Å². The molecule has 0 spiro atoms. The molecule has 0 saturated heterocycles. The van der Waals surface area contributed by atoms with Gasteiger partial charge in [-0.25, -0.2) is 9.50 Å². The minimum Gasteiger partial charge on any atom is -0.390 e. The highest BCUT2D eigenvalue weighted by molar-refractivity contribution is 7.16.